The molecule has 1 aliphatic carbocycles. The number of hydrogen-bond donors (Lipinski definition) is 3. The number of anilines is 1. The summed E-state index contributed by atoms with van der Waals surface area (Å²) in [4.78, 5) is 33.5. The Balaban J connectivity index is 1.28. The van der Waals surface area contributed by atoms with E-state index in [0.717, 1.165) is 29.4 Å². The summed E-state index contributed by atoms with van der Waals surface area (Å²) in [5.41, 5.74) is 5.83. The lowest BCUT2D eigenvalue weighted by Gasteiger charge is -2.07. The van der Waals surface area contributed by atoms with Crippen LogP contribution >= 0.6 is 0 Å². The Hall–Kier alpha value is -5.19. The van der Waals surface area contributed by atoms with Crippen LogP contribution < -0.4 is 10.1 Å². The zero-order chi connectivity index (χ0) is 26.5. The minimum atomic E-state index is -0.410. The highest BCUT2D eigenvalue weighted by molar-refractivity contribution is 5.97. The summed E-state index contributed by atoms with van der Waals surface area (Å²) in [6.45, 7) is 0. The van der Waals surface area contributed by atoms with E-state index in [1.54, 1.807) is 36.9 Å². The van der Waals surface area contributed by atoms with E-state index in [0.29, 0.717) is 50.9 Å². The van der Waals surface area contributed by atoms with Crippen molar-refractivity contribution in [2.75, 3.05) is 12.4 Å². The van der Waals surface area contributed by atoms with Crippen LogP contribution in [0.15, 0.2) is 61.2 Å². The first-order chi connectivity index (χ1) is 19.1. The van der Waals surface area contributed by atoms with Gasteiger partial charge in [0, 0.05) is 47.3 Å². The van der Waals surface area contributed by atoms with E-state index < -0.39 is 5.82 Å². The van der Waals surface area contributed by atoms with Gasteiger partial charge in [-0.05, 0) is 48.7 Å². The molecular weight excluding hydrogens is 499 g/mol. The van der Waals surface area contributed by atoms with E-state index >= 15 is 0 Å². The maximum Gasteiger partial charge on any atom is 0.227 e. The number of amides is 1. The van der Waals surface area contributed by atoms with Crippen molar-refractivity contribution < 1.29 is 13.9 Å². The van der Waals surface area contributed by atoms with Gasteiger partial charge in [0.25, 0.3) is 0 Å². The Kier molecular flexibility index (Phi) is 5.29. The van der Waals surface area contributed by atoms with Crippen LogP contribution in [0.25, 0.3) is 56.0 Å². The molecule has 0 aliphatic heterocycles. The fourth-order valence-electron chi connectivity index (χ4n) is 4.59. The van der Waals surface area contributed by atoms with Gasteiger partial charge in [-0.3, -0.25) is 14.9 Å². The van der Waals surface area contributed by atoms with Crippen LogP contribution in [0.3, 0.4) is 0 Å². The molecule has 0 bridgehead atoms. The first-order valence-corrected chi connectivity index (χ1v) is 12.4. The van der Waals surface area contributed by atoms with Crippen molar-refractivity contribution in [2.45, 2.75) is 12.8 Å². The second-order valence-electron chi connectivity index (χ2n) is 9.44. The third-order valence-electron chi connectivity index (χ3n) is 6.73. The van der Waals surface area contributed by atoms with Gasteiger partial charge in [0.2, 0.25) is 5.91 Å². The van der Waals surface area contributed by atoms with E-state index in [1.807, 2.05) is 12.1 Å². The summed E-state index contributed by atoms with van der Waals surface area (Å²) >= 11 is 0. The van der Waals surface area contributed by atoms with Gasteiger partial charge in [-0.1, -0.05) is 0 Å². The summed E-state index contributed by atoms with van der Waals surface area (Å²) < 4.78 is 19.5. The first kappa shape index (κ1) is 23.0. The molecule has 6 aromatic rings. The molecule has 1 amide bonds. The number of carbonyl (C=O) groups is 1. The number of benzene rings is 1. The molecular formula is C28H21FN8O2. The fourth-order valence-corrected chi connectivity index (χ4v) is 4.59. The Morgan fingerprint density at radius 1 is 1.03 bits per heavy atom. The molecule has 1 fully saturated rings. The molecule has 0 saturated heterocycles. The Labute approximate surface area is 220 Å². The van der Waals surface area contributed by atoms with Gasteiger partial charge in [-0.25, -0.2) is 19.3 Å². The molecule has 5 aromatic heterocycles. The minimum Gasteiger partial charge on any atom is -0.497 e. The standard InChI is InChI=1S/C28H21FN8O2/c1-39-20-8-15(6-18(29)10-20)21-4-5-31-26-23(21)34-27(35-26)24-22-9-17(12-32-25(22)37-36-24)16-7-19(13-30-11-16)33-28(38)14-2-3-14/h4-14H,2-3H2,1H3,(H,33,38)(H,31,34,35)(H,32,36,37). The van der Waals surface area contributed by atoms with E-state index in [1.165, 1.54) is 19.2 Å². The van der Waals surface area contributed by atoms with E-state index in [2.05, 4.69) is 35.5 Å². The number of aromatic amines is 2. The summed E-state index contributed by atoms with van der Waals surface area (Å²) in [5, 5.41) is 11.1. The van der Waals surface area contributed by atoms with E-state index in [9.17, 15) is 9.18 Å². The van der Waals surface area contributed by atoms with Crippen molar-refractivity contribution in [3.8, 4) is 39.5 Å². The average Bonchev–Trinajstić information content (AvgIpc) is 3.58. The molecule has 11 heteroatoms. The zero-order valence-electron chi connectivity index (χ0n) is 20.7. The largest absolute Gasteiger partial charge is 0.497 e. The molecule has 1 saturated carbocycles. The third-order valence-corrected chi connectivity index (χ3v) is 6.73. The lowest BCUT2D eigenvalue weighted by molar-refractivity contribution is -0.117. The normalized spacial score (nSPS) is 13.2. The number of carbonyl (C=O) groups excluding carboxylic acids is 1. The second kappa shape index (κ2) is 8.98. The van der Waals surface area contributed by atoms with Crippen molar-refractivity contribution in [2.24, 2.45) is 5.92 Å². The molecule has 7 rings (SSSR count). The molecule has 0 unspecified atom stereocenters. The van der Waals surface area contributed by atoms with Gasteiger partial charge >= 0.3 is 0 Å². The van der Waals surface area contributed by atoms with Crippen LogP contribution in [0.5, 0.6) is 5.75 Å². The molecule has 0 radical (unpaired) electrons. The highest BCUT2D eigenvalue weighted by Crippen LogP contribution is 2.34. The summed E-state index contributed by atoms with van der Waals surface area (Å²) in [6, 6.07) is 10.1. The van der Waals surface area contributed by atoms with Gasteiger partial charge in [-0.15, -0.1) is 0 Å². The molecule has 192 valence electrons. The quantitative estimate of drug-likeness (QED) is 0.277. The number of ether oxygens (including phenoxy) is 1. The molecule has 1 aromatic carbocycles. The highest BCUT2D eigenvalue weighted by Gasteiger charge is 2.29. The Bertz CT molecular complexity index is 1890. The lowest BCUT2D eigenvalue weighted by Crippen LogP contribution is -2.13. The van der Waals surface area contributed by atoms with Crippen LogP contribution in [0, 0.1) is 11.7 Å². The Morgan fingerprint density at radius 2 is 1.90 bits per heavy atom. The highest BCUT2D eigenvalue weighted by atomic mass is 19.1. The number of methoxy groups -OCH3 is 1. The number of nitrogens with one attached hydrogen (secondary N) is 3. The second-order valence-corrected chi connectivity index (χ2v) is 9.44. The molecule has 0 atom stereocenters. The molecule has 5 heterocycles. The number of imidazole rings is 1. The maximum atomic E-state index is 14.2. The SMILES string of the molecule is COc1cc(F)cc(-c2ccnc3[nH]c(-c4n[nH]c5ncc(-c6cncc(NC(=O)C7CC7)c6)cc45)nc23)c1. The van der Waals surface area contributed by atoms with Gasteiger partial charge in [0.05, 0.1) is 24.4 Å². The fraction of sp³-hybridized carbons (Fsp3) is 0.143. The average molecular weight is 521 g/mol. The monoisotopic (exact) mass is 520 g/mol. The first-order valence-electron chi connectivity index (χ1n) is 12.4. The summed E-state index contributed by atoms with van der Waals surface area (Å²) in [6.07, 6.45) is 8.58. The number of fused-ring (bicyclic) bond motifs is 2. The van der Waals surface area contributed by atoms with Crippen molar-refractivity contribution in [3.63, 3.8) is 0 Å². The Morgan fingerprint density at radius 3 is 2.74 bits per heavy atom. The smallest absolute Gasteiger partial charge is 0.227 e. The molecule has 0 spiro atoms. The van der Waals surface area contributed by atoms with Crippen LogP contribution in [0.1, 0.15) is 12.8 Å². The van der Waals surface area contributed by atoms with Crippen molar-refractivity contribution in [1.82, 2.24) is 35.1 Å². The minimum absolute atomic E-state index is 0.0224. The van der Waals surface area contributed by atoms with Crippen molar-refractivity contribution >= 4 is 33.8 Å². The molecule has 10 nitrogen and oxygen atoms in total. The van der Waals surface area contributed by atoms with Crippen LogP contribution in [-0.4, -0.2) is 48.1 Å². The van der Waals surface area contributed by atoms with Gasteiger partial charge in [0.1, 0.15) is 22.8 Å². The number of pyridine rings is 3. The predicted octanol–water partition coefficient (Wildman–Crippen LogP) is 5.12. The maximum absolute atomic E-state index is 14.2. The number of H-pyrrole nitrogens is 2. The number of halogens is 1. The van der Waals surface area contributed by atoms with Crippen molar-refractivity contribution in [3.05, 3.63) is 67.0 Å². The van der Waals surface area contributed by atoms with Crippen LogP contribution in [-0.2, 0) is 4.79 Å². The molecule has 3 N–H and O–H groups in total. The van der Waals surface area contributed by atoms with Gasteiger partial charge in [0.15, 0.2) is 17.1 Å². The van der Waals surface area contributed by atoms with E-state index in [4.69, 9.17) is 9.72 Å². The summed E-state index contributed by atoms with van der Waals surface area (Å²) in [5.74, 6) is 0.610. The number of aromatic nitrogens is 7. The number of rotatable bonds is 6. The number of hydrogen-bond acceptors (Lipinski definition) is 7. The lowest BCUT2D eigenvalue weighted by atomic mass is 10.1. The van der Waals surface area contributed by atoms with E-state index in [-0.39, 0.29) is 11.8 Å². The van der Waals surface area contributed by atoms with Crippen LogP contribution in [0.4, 0.5) is 10.1 Å². The number of nitrogens with zero attached hydrogens (tertiary/aromatic N) is 5. The topological polar surface area (TPSA) is 134 Å². The predicted molar refractivity (Wildman–Crippen MR) is 143 cm³/mol. The van der Waals surface area contributed by atoms with Gasteiger partial charge < -0.3 is 15.0 Å². The molecule has 39 heavy (non-hydrogen) atoms. The van der Waals surface area contributed by atoms with Gasteiger partial charge in [-0.2, -0.15) is 5.10 Å². The molecule has 1 aliphatic rings. The van der Waals surface area contributed by atoms with Crippen molar-refractivity contribution in [1.29, 1.82) is 0 Å². The summed E-state index contributed by atoms with van der Waals surface area (Å²) in [7, 11) is 1.49. The third kappa shape index (κ3) is 4.23. The zero-order valence-corrected chi connectivity index (χ0v) is 20.7. The van der Waals surface area contributed by atoms with Crippen LogP contribution in [0.2, 0.25) is 0 Å².